The lowest BCUT2D eigenvalue weighted by Crippen LogP contribution is -2.32. The molecule has 0 saturated heterocycles. The SMILES string of the molecule is Cc1cc(Cl)ccc1-n1ccc(C#N)c1C(=O)NC(Cc1ccccc1)c1ccccc1. The Morgan fingerprint density at radius 2 is 1.72 bits per heavy atom. The van der Waals surface area contributed by atoms with Gasteiger partial charge in [-0.1, -0.05) is 72.3 Å². The summed E-state index contributed by atoms with van der Waals surface area (Å²) >= 11 is 6.11. The van der Waals surface area contributed by atoms with Gasteiger partial charge in [-0.25, -0.2) is 0 Å². The second-order valence-electron chi connectivity index (χ2n) is 7.62. The Morgan fingerprint density at radius 1 is 1.03 bits per heavy atom. The first kappa shape index (κ1) is 21.4. The van der Waals surface area contributed by atoms with E-state index in [-0.39, 0.29) is 11.9 Å². The molecule has 1 aromatic heterocycles. The molecule has 1 heterocycles. The van der Waals surface area contributed by atoms with Gasteiger partial charge in [-0.3, -0.25) is 4.79 Å². The van der Waals surface area contributed by atoms with Crippen LogP contribution in [0.5, 0.6) is 0 Å². The largest absolute Gasteiger partial charge is 0.344 e. The molecule has 0 radical (unpaired) electrons. The van der Waals surface area contributed by atoms with Crippen molar-refractivity contribution in [2.24, 2.45) is 0 Å². The van der Waals surface area contributed by atoms with Crippen molar-refractivity contribution in [1.29, 1.82) is 5.26 Å². The number of halogens is 1. The maximum Gasteiger partial charge on any atom is 0.270 e. The first-order valence-corrected chi connectivity index (χ1v) is 10.7. The van der Waals surface area contributed by atoms with Gasteiger partial charge in [0.1, 0.15) is 11.8 Å². The topological polar surface area (TPSA) is 57.8 Å². The van der Waals surface area contributed by atoms with Crippen LogP contribution in [0.1, 0.15) is 38.8 Å². The summed E-state index contributed by atoms with van der Waals surface area (Å²) in [5, 5.41) is 13.4. The van der Waals surface area contributed by atoms with Gasteiger partial charge in [0.15, 0.2) is 0 Å². The maximum atomic E-state index is 13.5. The molecule has 4 rings (SSSR count). The fourth-order valence-electron chi connectivity index (χ4n) is 3.86. The molecule has 0 aliphatic rings. The van der Waals surface area contributed by atoms with E-state index in [0.29, 0.717) is 22.7 Å². The Kier molecular flexibility index (Phi) is 6.39. The summed E-state index contributed by atoms with van der Waals surface area (Å²) in [4.78, 5) is 13.5. The highest BCUT2D eigenvalue weighted by molar-refractivity contribution is 6.30. The molecule has 1 amide bonds. The van der Waals surface area contributed by atoms with Gasteiger partial charge in [-0.2, -0.15) is 5.26 Å². The van der Waals surface area contributed by atoms with Crippen molar-refractivity contribution in [3.8, 4) is 11.8 Å². The molecular formula is C27H22ClN3O. The summed E-state index contributed by atoms with van der Waals surface area (Å²) < 4.78 is 1.75. The molecule has 3 aromatic carbocycles. The zero-order valence-corrected chi connectivity index (χ0v) is 18.4. The number of benzene rings is 3. The average Bonchev–Trinajstić information content (AvgIpc) is 3.24. The minimum atomic E-state index is -0.300. The van der Waals surface area contributed by atoms with E-state index in [9.17, 15) is 10.1 Å². The predicted molar refractivity (Wildman–Crippen MR) is 127 cm³/mol. The predicted octanol–water partition coefficient (Wildman–Crippen LogP) is 6.02. The fraction of sp³-hybridized carbons (Fsp3) is 0.111. The Hall–Kier alpha value is -3.81. The second-order valence-corrected chi connectivity index (χ2v) is 8.05. The van der Waals surface area contributed by atoms with Crippen LogP contribution in [0.2, 0.25) is 5.02 Å². The van der Waals surface area contributed by atoms with Gasteiger partial charge >= 0.3 is 0 Å². The normalized spacial score (nSPS) is 11.5. The quantitative estimate of drug-likeness (QED) is 0.399. The van der Waals surface area contributed by atoms with Gasteiger partial charge in [0.05, 0.1) is 11.6 Å². The third-order valence-corrected chi connectivity index (χ3v) is 5.67. The molecule has 0 aliphatic carbocycles. The highest BCUT2D eigenvalue weighted by atomic mass is 35.5. The van der Waals surface area contributed by atoms with E-state index in [1.165, 1.54) is 0 Å². The van der Waals surface area contributed by atoms with E-state index >= 15 is 0 Å². The number of carbonyl (C=O) groups is 1. The zero-order chi connectivity index (χ0) is 22.5. The number of nitrogens with one attached hydrogen (secondary N) is 1. The van der Waals surface area contributed by atoms with Crippen molar-refractivity contribution in [2.45, 2.75) is 19.4 Å². The Labute approximate surface area is 192 Å². The molecule has 4 aromatic rings. The summed E-state index contributed by atoms with van der Waals surface area (Å²) in [5.41, 5.74) is 4.47. The van der Waals surface area contributed by atoms with Crippen molar-refractivity contribution < 1.29 is 4.79 Å². The number of amides is 1. The summed E-state index contributed by atoms with van der Waals surface area (Å²) in [7, 11) is 0. The standard InChI is InChI=1S/C27H22ClN3O/c1-19-16-23(28)12-13-25(19)31-15-14-22(18-29)26(31)27(32)30-24(21-10-6-3-7-11-21)17-20-8-4-2-5-9-20/h2-16,24H,17H2,1H3,(H,30,32). The third-order valence-electron chi connectivity index (χ3n) is 5.43. The molecule has 0 aliphatic heterocycles. The van der Waals surface area contributed by atoms with Gasteiger partial charge in [0.2, 0.25) is 0 Å². The number of nitriles is 1. The molecule has 1 atom stereocenters. The number of rotatable bonds is 6. The summed E-state index contributed by atoms with van der Waals surface area (Å²) in [5.74, 6) is -0.300. The molecule has 4 nitrogen and oxygen atoms in total. The monoisotopic (exact) mass is 439 g/mol. The summed E-state index contributed by atoms with van der Waals surface area (Å²) in [6.45, 7) is 1.93. The first-order chi connectivity index (χ1) is 15.6. The van der Waals surface area contributed by atoms with Crippen LogP contribution in [0.3, 0.4) is 0 Å². The first-order valence-electron chi connectivity index (χ1n) is 10.3. The highest BCUT2D eigenvalue weighted by Crippen LogP contribution is 2.25. The van der Waals surface area contributed by atoms with Crippen molar-refractivity contribution >= 4 is 17.5 Å². The van der Waals surface area contributed by atoms with Gasteiger partial charge in [0.25, 0.3) is 5.91 Å². The fourth-order valence-corrected chi connectivity index (χ4v) is 4.08. The number of aryl methyl sites for hydroxylation is 1. The van der Waals surface area contributed by atoms with Crippen LogP contribution in [0.4, 0.5) is 0 Å². The average molecular weight is 440 g/mol. The van der Waals surface area contributed by atoms with E-state index in [4.69, 9.17) is 11.6 Å². The Bertz CT molecular complexity index is 1270. The van der Waals surface area contributed by atoms with Crippen molar-refractivity contribution in [3.05, 3.63) is 124 Å². The molecule has 0 saturated carbocycles. The van der Waals surface area contributed by atoms with Crippen LogP contribution in [-0.4, -0.2) is 10.5 Å². The van der Waals surface area contributed by atoms with Crippen LogP contribution < -0.4 is 5.32 Å². The second kappa shape index (κ2) is 9.55. The number of nitrogens with zero attached hydrogens (tertiary/aromatic N) is 2. The number of hydrogen-bond acceptors (Lipinski definition) is 2. The molecule has 0 bridgehead atoms. The molecule has 0 fully saturated rings. The van der Waals surface area contributed by atoms with Crippen LogP contribution in [0.15, 0.2) is 91.1 Å². The number of carbonyl (C=O) groups excluding carboxylic acids is 1. The van der Waals surface area contributed by atoms with E-state index in [2.05, 4.69) is 11.4 Å². The Balaban J connectivity index is 1.71. The molecular weight excluding hydrogens is 418 g/mol. The molecule has 158 valence electrons. The maximum absolute atomic E-state index is 13.5. The third kappa shape index (κ3) is 4.59. The Morgan fingerprint density at radius 3 is 2.38 bits per heavy atom. The minimum Gasteiger partial charge on any atom is -0.344 e. The molecule has 32 heavy (non-hydrogen) atoms. The van der Waals surface area contributed by atoms with Gasteiger partial charge in [0, 0.05) is 16.9 Å². The van der Waals surface area contributed by atoms with Crippen molar-refractivity contribution in [2.75, 3.05) is 0 Å². The number of hydrogen-bond donors (Lipinski definition) is 1. The highest BCUT2D eigenvalue weighted by Gasteiger charge is 2.23. The van der Waals surface area contributed by atoms with Crippen LogP contribution >= 0.6 is 11.6 Å². The molecule has 0 spiro atoms. The lowest BCUT2D eigenvalue weighted by molar-refractivity contribution is 0.0929. The zero-order valence-electron chi connectivity index (χ0n) is 17.6. The van der Waals surface area contributed by atoms with Crippen LogP contribution in [0.25, 0.3) is 5.69 Å². The van der Waals surface area contributed by atoms with Gasteiger partial charge in [-0.15, -0.1) is 0 Å². The lowest BCUT2D eigenvalue weighted by Gasteiger charge is -2.21. The van der Waals surface area contributed by atoms with E-state index < -0.39 is 0 Å². The van der Waals surface area contributed by atoms with Gasteiger partial charge in [-0.05, 0) is 54.3 Å². The van der Waals surface area contributed by atoms with E-state index in [1.54, 1.807) is 22.9 Å². The molecule has 5 heteroatoms. The minimum absolute atomic E-state index is 0.243. The summed E-state index contributed by atoms with van der Waals surface area (Å²) in [6, 6.07) is 29.0. The smallest absolute Gasteiger partial charge is 0.270 e. The molecule has 1 N–H and O–H groups in total. The summed E-state index contributed by atoms with van der Waals surface area (Å²) in [6.07, 6.45) is 2.39. The lowest BCUT2D eigenvalue weighted by atomic mass is 9.98. The molecule has 1 unspecified atom stereocenters. The van der Waals surface area contributed by atoms with Crippen molar-refractivity contribution in [3.63, 3.8) is 0 Å². The van der Waals surface area contributed by atoms with E-state index in [0.717, 1.165) is 22.4 Å². The van der Waals surface area contributed by atoms with Crippen LogP contribution in [-0.2, 0) is 6.42 Å². The van der Waals surface area contributed by atoms with Gasteiger partial charge < -0.3 is 9.88 Å². The number of aromatic nitrogens is 1. The van der Waals surface area contributed by atoms with Crippen LogP contribution in [0, 0.1) is 18.3 Å². The van der Waals surface area contributed by atoms with Crippen molar-refractivity contribution in [1.82, 2.24) is 9.88 Å². The van der Waals surface area contributed by atoms with E-state index in [1.807, 2.05) is 79.7 Å².